The standard InChI is InChI=1S/C22H31N3O2/c1-4-12-23-21(27)25-14-11-22(16-25)10-5-13-24(20(22)26)15-18-6-8-19(9-7-18)17(2)3/h4,6-9,17H,1,5,10-16H2,2-3H3,(H,23,27)/t22-/m0/s1. The van der Waals surface area contributed by atoms with E-state index in [2.05, 4.69) is 50.0 Å². The van der Waals surface area contributed by atoms with E-state index in [1.165, 1.54) is 11.1 Å². The first-order valence-electron chi connectivity index (χ1n) is 9.97. The molecule has 0 bridgehead atoms. The van der Waals surface area contributed by atoms with Crippen LogP contribution in [0.25, 0.3) is 0 Å². The second-order valence-electron chi connectivity index (χ2n) is 8.15. The number of rotatable bonds is 5. The fraction of sp³-hybridized carbons (Fsp3) is 0.545. The minimum atomic E-state index is -0.401. The van der Waals surface area contributed by atoms with Gasteiger partial charge in [-0.15, -0.1) is 6.58 Å². The molecule has 5 heteroatoms. The Morgan fingerprint density at radius 2 is 2.00 bits per heavy atom. The maximum absolute atomic E-state index is 13.3. The van der Waals surface area contributed by atoms with Crippen LogP contribution in [0.5, 0.6) is 0 Å². The van der Waals surface area contributed by atoms with Crippen molar-refractivity contribution in [1.82, 2.24) is 15.1 Å². The summed E-state index contributed by atoms with van der Waals surface area (Å²) in [6.45, 7) is 11.1. The van der Waals surface area contributed by atoms with Gasteiger partial charge < -0.3 is 15.1 Å². The van der Waals surface area contributed by atoms with Gasteiger partial charge in [0.15, 0.2) is 0 Å². The summed E-state index contributed by atoms with van der Waals surface area (Å²) in [7, 11) is 0. The highest BCUT2D eigenvalue weighted by atomic mass is 16.2. The van der Waals surface area contributed by atoms with Gasteiger partial charge in [-0.2, -0.15) is 0 Å². The molecule has 2 saturated heterocycles. The summed E-state index contributed by atoms with van der Waals surface area (Å²) in [5, 5.41) is 2.82. The number of piperidine rings is 1. The van der Waals surface area contributed by atoms with Gasteiger partial charge in [0.25, 0.3) is 0 Å². The first-order chi connectivity index (χ1) is 12.9. The number of carbonyl (C=O) groups is 2. The molecule has 0 aromatic heterocycles. The highest BCUT2D eigenvalue weighted by Gasteiger charge is 2.49. The summed E-state index contributed by atoms with van der Waals surface area (Å²) in [5.74, 6) is 0.719. The van der Waals surface area contributed by atoms with Crippen molar-refractivity contribution in [2.75, 3.05) is 26.2 Å². The molecule has 5 nitrogen and oxygen atoms in total. The Morgan fingerprint density at radius 1 is 1.26 bits per heavy atom. The minimum Gasteiger partial charge on any atom is -0.338 e. The van der Waals surface area contributed by atoms with E-state index in [0.717, 1.165) is 25.8 Å². The number of nitrogens with one attached hydrogen (secondary N) is 1. The highest BCUT2D eigenvalue weighted by molar-refractivity contribution is 5.85. The van der Waals surface area contributed by atoms with Crippen molar-refractivity contribution in [3.63, 3.8) is 0 Å². The van der Waals surface area contributed by atoms with Crippen molar-refractivity contribution in [3.8, 4) is 0 Å². The number of benzene rings is 1. The van der Waals surface area contributed by atoms with Crippen molar-refractivity contribution in [3.05, 3.63) is 48.0 Å². The van der Waals surface area contributed by atoms with Crippen molar-refractivity contribution in [2.45, 2.75) is 45.6 Å². The topological polar surface area (TPSA) is 52.7 Å². The smallest absolute Gasteiger partial charge is 0.317 e. The van der Waals surface area contributed by atoms with Crippen LogP contribution in [-0.4, -0.2) is 47.9 Å². The predicted molar refractivity (Wildman–Crippen MR) is 107 cm³/mol. The van der Waals surface area contributed by atoms with Gasteiger partial charge in [0, 0.05) is 32.7 Å². The molecule has 2 aliphatic heterocycles. The fourth-order valence-electron chi connectivity index (χ4n) is 4.23. The first-order valence-corrected chi connectivity index (χ1v) is 9.97. The van der Waals surface area contributed by atoms with Gasteiger partial charge in [-0.05, 0) is 36.3 Å². The normalized spacial score (nSPS) is 22.6. The lowest BCUT2D eigenvalue weighted by Crippen LogP contribution is -2.50. The van der Waals surface area contributed by atoms with Gasteiger partial charge in [0.05, 0.1) is 5.41 Å². The van der Waals surface area contributed by atoms with Gasteiger partial charge in [-0.3, -0.25) is 4.79 Å². The second kappa shape index (κ2) is 8.15. The molecule has 2 fully saturated rings. The number of amides is 3. The lowest BCUT2D eigenvalue weighted by atomic mass is 9.78. The molecule has 1 aromatic rings. The summed E-state index contributed by atoms with van der Waals surface area (Å²) in [6.07, 6.45) is 4.30. The maximum atomic E-state index is 13.3. The average Bonchev–Trinajstić information content (AvgIpc) is 3.09. The van der Waals surface area contributed by atoms with Gasteiger partial charge in [0.2, 0.25) is 5.91 Å². The molecule has 2 heterocycles. The van der Waals surface area contributed by atoms with E-state index < -0.39 is 5.41 Å². The molecule has 0 aliphatic carbocycles. The number of hydrogen-bond donors (Lipinski definition) is 1. The Bertz CT molecular complexity index is 698. The van der Waals surface area contributed by atoms with Crippen LogP contribution in [-0.2, 0) is 11.3 Å². The summed E-state index contributed by atoms with van der Waals surface area (Å²) in [4.78, 5) is 29.3. The quantitative estimate of drug-likeness (QED) is 0.808. The molecule has 0 radical (unpaired) electrons. The Hall–Kier alpha value is -2.30. The lowest BCUT2D eigenvalue weighted by molar-refractivity contribution is -0.146. The summed E-state index contributed by atoms with van der Waals surface area (Å²) < 4.78 is 0. The van der Waals surface area contributed by atoms with E-state index in [0.29, 0.717) is 32.1 Å². The zero-order valence-corrected chi connectivity index (χ0v) is 16.5. The first kappa shape index (κ1) is 19.5. The van der Waals surface area contributed by atoms with Crippen molar-refractivity contribution >= 4 is 11.9 Å². The van der Waals surface area contributed by atoms with Gasteiger partial charge in [0.1, 0.15) is 0 Å². The third-order valence-electron chi connectivity index (χ3n) is 5.88. The van der Waals surface area contributed by atoms with Crippen molar-refractivity contribution in [1.29, 1.82) is 0 Å². The number of carbonyl (C=O) groups excluding carboxylic acids is 2. The number of urea groups is 1. The van der Waals surface area contributed by atoms with Crippen LogP contribution in [0, 0.1) is 5.41 Å². The van der Waals surface area contributed by atoms with Crippen LogP contribution in [0.15, 0.2) is 36.9 Å². The van der Waals surface area contributed by atoms with Crippen LogP contribution >= 0.6 is 0 Å². The lowest BCUT2D eigenvalue weighted by Gasteiger charge is -2.39. The Kier molecular flexibility index (Phi) is 5.88. The van der Waals surface area contributed by atoms with E-state index in [1.807, 2.05) is 4.90 Å². The molecule has 0 saturated carbocycles. The van der Waals surface area contributed by atoms with Gasteiger partial charge >= 0.3 is 6.03 Å². The summed E-state index contributed by atoms with van der Waals surface area (Å²) in [5.41, 5.74) is 2.09. The van der Waals surface area contributed by atoms with E-state index in [4.69, 9.17) is 0 Å². The molecule has 27 heavy (non-hydrogen) atoms. The van der Waals surface area contributed by atoms with Crippen LogP contribution in [0.3, 0.4) is 0 Å². The Balaban J connectivity index is 1.65. The molecular weight excluding hydrogens is 338 g/mol. The van der Waals surface area contributed by atoms with E-state index in [9.17, 15) is 9.59 Å². The van der Waals surface area contributed by atoms with Crippen LogP contribution < -0.4 is 5.32 Å². The maximum Gasteiger partial charge on any atom is 0.317 e. The zero-order chi connectivity index (χ0) is 19.4. The van der Waals surface area contributed by atoms with E-state index >= 15 is 0 Å². The molecule has 2 aliphatic rings. The van der Waals surface area contributed by atoms with Gasteiger partial charge in [-0.1, -0.05) is 44.2 Å². The van der Waals surface area contributed by atoms with Crippen LogP contribution in [0.4, 0.5) is 4.79 Å². The number of nitrogens with zero attached hydrogens (tertiary/aromatic N) is 2. The molecular formula is C22H31N3O2. The molecule has 1 N–H and O–H groups in total. The van der Waals surface area contributed by atoms with E-state index in [1.54, 1.807) is 11.0 Å². The molecule has 0 unspecified atom stereocenters. The number of likely N-dealkylation sites (tertiary alicyclic amines) is 2. The molecule has 1 aromatic carbocycles. The predicted octanol–water partition coefficient (Wildman–Crippen LogP) is 3.52. The molecule has 3 amide bonds. The van der Waals surface area contributed by atoms with Crippen molar-refractivity contribution in [2.24, 2.45) is 5.41 Å². The third kappa shape index (κ3) is 4.18. The van der Waals surface area contributed by atoms with Crippen LogP contribution in [0.1, 0.15) is 50.2 Å². The zero-order valence-electron chi connectivity index (χ0n) is 16.5. The number of hydrogen-bond acceptors (Lipinski definition) is 2. The largest absolute Gasteiger partial charge is 0.338 e. The molecule has 3 rings (SSSR count). The van der Waals surface area contributed by atoms with Gasteiger partial charge in [-0.25, -0.2) is 4.79 Å². The monoisotopic (exact) mass is 369 g/mol. The molecule has 146 valence electrons. The Labute approximate surface area is 162 Å². The minimum absolute atomic E-state index is 0.0963. The average molecular weight is 370 g/mol. The SMILES string of the molecule is C=CCNC(=O)N1CC[C@@]2(CCCN(Cc3ccc(C(C)C)cc3)C2=O)C1. The van der Waals surface area contributed by atoms with E-state index in [-0.39, 0.29) is 11.9 Å². The molecule has 1 spiro atoms. The van der Waals surface area contributed by atoms with Crippen molar-refractivity contribution < 1.29 is 9.59 Å². The third-order valence-corrected chi connectivity index (χ3v) is 5.88. The highest BCUT2D eigenvalue weighted by Crippen LogP contribution is 2.40. The summed E-state index contributed by atoms with van der Waals surface area (Å²) >= 11 is 0. The second-order valence-corrected chi connectivity index (χ2v) is 8.15. The summed E-state index contributed by atoms with van der Waals surface area (Å²) in [6, 6.07) is 8.49. The molecule has 1 atom stereocenters. The van der Waals surface area contributed by atoms with Crippen LogP contribution in [0.2, 0.25) is 0 Å². The fourth-order valence-corrected chi connectivity index (χ4v) is 4.23. The Morgan fingerprint density at radius 3 is 2.67 bits per heavy atom.